The maximum Gasteiger partial charge on any atom is 0.398 e. The van der Waals surface area contributed by atoms with Gasteiger partial charge in [-0.3, -0.25) is 4.90 Å². The minimum Gasteiger partial charge on any atom is -0.358 e. The first kappa shape index (κ1) is 23.8. The number of anilines is 1. The van der Waals surface area contributed by atoms with E-state index < -0.39 is 40.5 Å². The molecule has 9 nitrogen and oxygen atoms in total. The SMILES string of the molecule is O=C(NCc1cc(F)cc(F)c1)N1CCc2cc(-c3cn(C4CCCCO4)nc3[N+](=O)[O-])c(F)cc21. The molecule has 36 heavy (non-hydrogen) atoms. The quantitative estimate of drug-likeness (QED) is 0.398. The van der Waals surface area contributed by atoms with Crippen LogP contribution < -0.4 is 10.2 Å². The largest absolute Gasteiger partial charge is 0.398 e. The zero-order chi connectivity index (χ0) is 25.4. The van der Waals surface area contributed by atoms with Gasteiger partial charge in [-0.25, -0.2) is 18.0 Å². The third kappa shape index (κ3) is 4.63. The van der Waals surface area contributed by atoms with Crippen LogP contribution in [0.4, 0.5) is 29.5 Å². The second kappa shape index (κ2) is 9.61. The van der Waals surface area contributed by atoms with E-state index in [-0.39, 0.29) is 29.8 Å². The third-order valence-corrected chi connectivity index (χ3v) is 6.30. The fourth-order valence-corrected chi connectivity index (χ4v) is 4.60. The molecule has 1 unspecified atom stereocenters. The topological polar surface area (TPSA) is 103 Å². The van der Waals surface area contributed by atoms with E-state index in [1.165, 1.54) is 21.8 Å². The third-order valence-electron chi connectivity index (χ3n) is 6.30. The molecule has 0 bridgehead atoms. The van der Waals surface area contributed by atoms with Crippen molar-refractivity contribution in [1.82, 2.24) is 15.1 Å². The summed E-state index contributed by atoms with van der Waals surface area (Å²) in [4.78, 5) is 25.1. The van der Waals surface area contributed by atoms with E-state index >= 15 is 4.39 Å². The van der Waals surface area contributed by atoms with Gasteiger partial charge in [-0.1, -0.05) is 0 Å². The molecule has 1 aromatic heterocycles. The normalized spacial score (nSPS) is 17.2. The van der Waals surface area contributed by atoms with E-state index in [1.807, 2.05) is 0 Å². The van der Waals surface area contributed by atoms with Gasteiger partial charge in [0.25, 0.3) is 0 Å². The zero-order valence-electron chi connectivity index (χ0n) is 19.0. The Bertz CT molecular complexity index is 1320. The predicted octanol–water partition coefficient (Wildman–Crippen LogP) is 4.85. The predicted molar refractivity (Wildman–Crippen MR) is 123 cm³/mol. The number of halogens is 3. The minimum absolute atomic E-state index is 0.0139. The van der Waals surface area contributed by atoms with Crippen molar-refractivity contribution < 1.29 is 27.6 Å². The Labute approximate surface area is 203 Å². The van der Waals surface area contributed by atoms with Crippen LogP contribution in [0.25, 0.3) is 11.1 Å². The molecule has 0 saturated carbocycles. The van der Waals surface area contributed by atoms with Crippen molar-refractivity contribution in [3.63, 3.8) is 0 Å². The second-order valence-corrected chi connectivity index (χ2v) is 8.72. The lowest BCUT2D eigenvalue weighted by atomic mass is 10.0. The number of hydrogen-bond donors (Lipinski definition) is 1. The number of benzene rings is 2. The van der Waals surface area contributed by atoms with E-state index in [4.69, 9.17) is 4.74 Å². The van der Waals surface area contributed by atoms with E-state index in [0.29, 0.717) is 30.7 Å². The molecule has 2 aliphatic rings. The average Bonchev–Trinajstić information content (AvgIpc) is 3.46. The van der Waals surface area contributed by atoms with Crippen molar-refractivity contribution in [1.29, 1.82) is 0 Å². The molecule has 0 radical (unpaired) electrons. The van der Waals surface area contributed by atoms with Crippen LogP contribution in [-0.4, -0.2) is 33.9 Å². The van der Waals surface area contributed by atoms with Gasteiger partial charge in [0.05, 0.1) is 17.0 Å². The molecular weight excluding hydrogens is 479 g/mol. The Kier molecular flexibility index (Phi) is 6.35. The number of fused-ring (bicyclic) bond motifs is 1. The number of rotatable bonds is 5. The molecule has 0 aliphatic carbocycles. The highest BCUT2D eigenvalue weighted by Gasteiger charge is 2.32. The molecule has 0 spiro atoms. The van der Waals surface area contributed by atoms with Crippen LogP contribution in [0.2, 0.25) is 0 Å². The standard InChI is InChI=1S/C24H22F3N5O4/c25-16-7-14(8-17(26)10-16)12-28-24(33)30-5-4-15-9-18(20(27)11-21(15)30)19-13-31(29-23(19)32(34)35)22-3-1-2-6-36-22/h7-11,13,22H,1-6,12H2,(H,28,33). The summed E-state index contributed by atoms with van der Waals surface area (Å²) in [5, 5.41) is 18.3. The fraction of sp³-hybridized carbons (Fsp3) is 0.333. The molecule has 12 heteroatoms. The van der Waals surface area contributed by atoms with Gasteiger partial charge in [-0.2, -0.15) is 4.68 Å². The van der Waals surface area contributed by atoms with E-state index in [0.717, 1.165) is 37.1 Å². The van der Waals surface area contributed by atoms with Crippen LogP contribution >= 0.6 is 0 Å². The van der Waals surface area contributed by atoms with Crippen molar-refractivity contribution in [2.75, 3.05) is 18.1 Å². The number of carbonyl (C=O) groups is 1. The lowest BCUT2D eigenvalue weighted by molar-refractivity contribution is -0.389. The maximum absolute atomic E-state index is 15.3. The molecule has 1 fully saturated rings. The van der Waals surface area contributed by atoms with Gasteiger partial charge in [0, 0.05) is 31.3 Å². The number of nitrogens with one attached hydrogen (secondary N) is 1. The lowest BCUT2D eigenvalue weighted by Gasteiger charge is -2.20. The van der Waals surface area contributed by atoms with Crippen molar-refractivity contribution >= 4 is 17.5 Å². The van der Waals surface area contributed by atoms with Crippen LogP contribution in [-0.2, 0) is 17.7 Å². The van der Waals surface area contributed by atoms with Crippen molar-refractivity contribution in [2.45, 2.75) is 38.5 Å². The molecule has 1 N–H and O–H groups in total. The first-order valence-corrected chi connectivity index (χ1v) is 11.5. The Balaban J connectivity index is 1.39. The minimum atomic E-state index is -0.757. The summed E-state index contributed by atoms with van der Waals surface area (Å²) in [6, 6.07) is 5.06. The number of amides is 2. The smallest absolute Gasteiger partial charge is 0.358 e. The van der Waals surface area contributed by atoms with Gasteiger partial charge >= 0.3 is 11.8 Å². The Hall–Kier alpha value is -3.93. The summed E-state index contributed by atoms with van der Waals surface area (Å²) in [7, 11) is 0. The molecule has 188 valence electrons. The van der Waals surface area contributed by atoms with Crippen molar-refractivity contribution in [3.8, 4) is 11.1 Å². The summed E-state index contributed by atoms with van der Waals surface area (Å²) in [6.07, 6.45) is 3.82. The first-order chi connectivity index (χ1) is 17.3. The Morgan fingerprint density at radius 2 is 1.92 bits per heavy atom. The van der Waals surface area contributed by atoms with Gasteiger partial charge in [0.1, 0.15) is 23.0 Å². The van der Waals surface area contributed by atoms with Crippen LogP contribution in [0, 0.1) is 27.6 Å². The maximum atomic E-state index is 15.3. The summed E-state index contributed by atoms with van der Waals surface area (Å²) in [6.45, 7) is 0.653. The molecule has 1 atom stereocenters. The molecule has 2 aliphatic heterocycles. The van der Waals surface area contributed by atoms with E-state index in [2.05, 4.69) is 10.4 Å². The molecule has 3 aromatic rings. The fourth-order valence-electron chi connectivity index (χ4n) is 4.60. The van der Waals surface area contributed by atoms with Gasteiger partial charge in [0.2, 0.25) is 0 Å². The van der Waals surface area contributed by atoms with Gasteiger partial charge in [0.15, 0.2) is 6.23 Å². The number of nitro groups is 1. The molecule has 1 saturated heterocycles. The van der Waals surface area contributed by atoms with Crippen molar-refractivity contribution in [2.24, 2.45) is 0 Å². The Morgan fingerprint density at radius 1 is 1.14 bits per heavy atom. The summed E-state index contributed by atoms with van der Waals surface area (Å²) >= 11 is 0. The number of nitrogens with zero attached hydrogens (tertiary/aromatic N) is 4. The van der Waals surface area contributed by atoms with Crippen LogP contribution in [0.15, 0.2) is 36.5 Å². The van der Waals surface area contributed by atoms with Gasteiger partial charge in [-0.15, -0.1) is 0 Å². The van der Waals surface area contributed by atoms with E-state index in [1.54, 1.807) is 0 Å². The highest BCUT2D eigenvalue weighted by atomic mass is 19.1. The zero-order valence-corrected chi connectivity index (χ0v) is 19.0. The molecule has 5 rings (SSSR count). The molecule has 2 aromatic carbocycles. The number of hydrogen-bond acceptors (Lipinski definition) is 5. The summed E-state index contributed by atoms with van der Waals surface area (Å²) < 4.78 is 49.1. The lowest BCUT2D eigenvalue weighted by Crippen LogP contribution is -2.38. The molecule has 3 heterocycles. The molecular formula is C24H22F3N5O4. The van der Waals surface area contributed by atoms with E-state index in [9.17, 15) is 23.7 Å². The number of urea groups is 1. The Morgan fingerprint density at radius 3 is 2.61 bits per heavy atom. The molecule has 2 amide bonds. The number of carbonyl (C=O) groups excluding carboxylic acids is 1. The van der Waals surface area contributed by atoms with Crippen molar-refractivity contribution in [3.05, 3.63) is 75.2 Å². The number of aromatic nitrogens is 2. The van der Waals surface area contributed by atoms with Gasteiger partial charge in [-0.05, 0) is 66.0 Å². The van der Waals surface area contributed by atoms with Crippen LogP contribution in [0.5, 0.6) is 0 Å². The van der Waals surface area contributed by atoms with Crippen LogP contribution in [0.3, 0.4) is 0 Å². The average molecular weight is 501 g/mol. The summed E-state index contributed by atoms with van der Waals surface area (Å²) in [5.74, 6) is -2.73. The highest BCUT2D eigenvalue weighted by Crippen LogP contribution is 2.38. The van der Waals surface area contributed by atoms with Crippen LogP contribution in [0.1, 0.15) is 36.6 Å². The highest BCUT2D eigenvalue weighted by molar-refractivity contribution is 5.95. The first-order valence-electron chi connectivity index (χ1n) is 11.5. The van der Waals surface area contributed by atoms with Gasteiger partial charge < -0.3 is 20.2 Å². The second-order valence-electron chi connectivity index (χ2n) is 8.72. The number of ether oxygens (including phenoxy) is 1. The summed E-state index contributed by atoms with van der Waals surface area (Å²) in [5.41, 5.74) is 1.25. The monoisotopic (exact) mass is 501 g/mol.